The average molecular weight is 509 g/mol. The van der Waals surface area contributed by atoms with Gasteiger partial charge in [-0.3, -0.25) is 0 Å². The molecule has 2 heterocycles. The van der Waals surface area contributed by atoms with Gasteiger partial charge in [-0.2, -0.15) is 0 Å². The lowest BCUT2D eigenvalue weighted by atomic mass is 9.99. The maximum absolute atomic E-state index is 11.1. The number of nitrogens with zero attached hydrogens (tertiary/aromatic N) is 1. The van der Waals surface area contributed by atoms with E-state index in [2.05, 4.69) is 12.1 Å². The molecule has 0 aliphatic rings. The zero-order valence-corrected chi connectivity index (χ0v) is 20.5. The molecule has 39 heavy (non-hydrogen) atoms. The van der Waals surface area contributed by atoms with Crippen LogP contribution < -0.4 is 0 Å². The van der Waals surface area contributed by atoms with Crippen molar-refractivity contribution >= 4 is 43.7 Å². The van der Waals surface area contributed by atoms with Crippen molar-refractivity contribution in [3.05, 3.63) is 133 Å². The Morgan fingerprint density at radius 2 is 1.28 bits per heavy atom. The third kappa shape index (κ3) is 3.37. The molecule has 0 unspecified atom stereocenters. The van der Waals surface area contributed by atoms with Crippen molar-refractivity contribution in [1.29, 1.82) is 0 Å². The van der Waals surface area contributed by atoms with Gasteiger partial charge in [0.05, 0.1) is 20.6 Å². The van der Waals surface area contributed by atoms with E-state index in [4.69, 9.17) is 14.0 Å². The topological polar surface area (TPSA) is 38.3 Å². The molecule has 0 spiro atoms. The lowest BCUT2D eigenvalue weighted by molar-refractivity contribution is 0.480. The summed E-state index contributed by atoms with van der Waals surface area (Å²) in [6.07, 6.45) is 0. The van der Waals surface area contributed by atoms with Crippen molar-refractivity contribution in [3.8, 4) is 33.7 Å². The standard InChI is InChI=1S/C36H23NO2/c38-33-13-6-11-31-28-9-1-3-12-32(28)37(36(31)33)27-8-5-7-25(21-27)23-15-17-24(18-16-23)26-19-20-30-29-10-2-4-14-34(29)39-35(30)22-26/h1-22,38H/i1D,3D,6D,9D,11D,12D,13D. The van der Waals surface area contributed by atoms with Crippen LogP contribution in [-0.4, -0.2) is 9.67 Å². The fraction of sp³-hybridized carbons (Fsp3) is 0. The summed E-state index contributed by atoms with van der Waals surface area (Å²) in [5.74, 6) is -0.569. The first-order valence-corrected chi connectivity index (χ1v) is 12.5. The zero-order valence-electron chi connectivity index (χ0n) is 27.5. The third-order valence-corrected chi connectivity index (χ3v) is 7.23. The van der Waals surface area contributed by atoms with Gasteiger partial charge in [-0.25, -0.2) is 0 Å². The quantitative estimate of drug-likeness (QED) is 0.258. The van der Waals surface area contributed by atoms with Gasteiger partial charge in [0.25, 0.3) is 0 Å². The number of hydrogen-bond donors (Lipinski definition) is 1. The molecule has 0 atom stereocenters. The van der Waals surface area contributed by atoms with E-state index >= 15 is 0 Å². The molecular formula is C36H23NO2. The highest BCUT2D eigenvalue weighted by Crippen LogP contribution is 2.38. The maximum atomic E-state index is 11.1. The molecule has 184 valence electrons. The Morgan fingerprint density at radius 3 is 2.15 bits per heavy atom. The van der Waals surface area contributed by atoms with Gasteiger partial charge in [0, 0.05) is 27.2 Å². The molecular weight excluding hydrogens is 478 g/mol. The SMILES string of the molecule is [2H]c1c([2H])c([2H])c2c(c1[2H])c1c([2H])c([2H])c([2H])c(O)c1n2-c1cccc(-c2ccc(-c3ccc4c(c3)oc3ccccc34)cc2)c1. The Hall–Kier alpha value is -5.28. The van der Waals surface area contributed by atoms with E-state index in [9.17, 15) is 5.11 Å². The molecule has 3 heteroatoms. The monoisotopic (exact) mass is 508 g/mol. The number of phenolic OH excluding ortho intramolecular Hbond substituents is 1. The molecule has 0 bridgehead atoms. The molecule has 3 nitrogen and oxygen atoms in total. The summed E-state index contributed by atoms with van der Waals surface area (Å²) in [5, 5.41) is 13.3. The summed E-state index contributed by atoms with van der Waals surface area (Å²) in [5.41, 5.74) is 5.87. The Kier molecular flexibility index (Phi) is 3.40. The van der Waals surface area contributed by atoms with Crippen LogP contribution in [0.4, 0.5) is 0 Å². The van der Waals surface area contributed by atoms with Crippen LogP contribution >= 0.6 is 0 Å². The van der Waals surface area contributed by atoms with Crippen LogP contribution in [-0.2, 0) is 0 Å². The van der Waals surface area contributed by atoms with Gasteiger partial charge in [0.1, 0.15) is 16.9 Å². The van der Waals surface area contributed by atoms with E-state index in [-0.39, 0.29) is 39.9 Å². The minimum atomic E-state index is -0.569. The van der Waals surface area contributed by atoms with Gasteiger partial charge < -0.3 is 14.1 Å². The van der Waals surface area contributed by atoms with Gasteiger partial charge in [-0.1, -0.05) is 90.9 Å². The predicted octanol–water partition coefficient (Wildman–Crippen LogP) is 9.72. The van der Waals surface area contributed by atoms with Crippen LogP contribution in [0, 0.1) is 0 Å². The van der Waals surface area contributed by atoms with Crippen LogP contribution in [0.15, 0.2) is 138 Å². The van der Waals surface area contributed by atoms with Crippen LogP contribution in [0.3, 0.4) is 0 Å². The number of hydrogen-bond acceptors (Lipinski definition) is 2. The van der Waals surface area contributed by atoms with Gasteiger partial charge in [0.15, 0.2) is 0 Å². The van der Waals surface area contributed by atoms with Crippen LogP contribution in [0.5, 0.6) is 5.75 Å². The normalized spacial score (nSPS) is 14.2. The Morgan fingerprint density at radius 1 is 0.564 bits per heavy atom. The van der Waals surface area contributed by atoms with Crippen molar-refractivity contribution in [2.75, 3.05) is 0 Å². The number of aromatic nitrogens is 1. The van der Waals surface area contributed by atoms with Gasteiger partial charge in [0.2, 0.25) is 0 Å². The smallest absolute Gasteiger partial charge is 0.140 e. The first-order valence-electron chi connectivity index (χ1n) is 16.0. The highest BCUT2D eigenvalue weighted by molar-refractivity contribution is 6.11. The number of benzene rings is 6. The van der Waals surface area contributed by atoms with Gasteiger partial charge >= 0.3 is 0 Å². The van der Waals surface area contributed by atoms with E-state index in [0.29, 0.717) is 5.69 Å². The third-order valence-electron chi connectivity index (χ3n) is 7.23. The summed E-state index contributed by atoms with van der Waals surface area (Å²) in [7, 11) is 0. The first-order chi connectivity index (χ1) is 22.2. The number of para-hydroxylation sites is 3. The lowest BCUT2D eigenvalue weighted by Crippen LogP contribution is -1.94. The molecule has 0 aliphatic heterocycles. The number of phenols is 1. The molecule has 1 N–H and O–H groups in total. The molecule has 0 saturated carbocycles. The molecule has 0 aliphatic carbocycles. The molecule has 0 saturated heterocycles. The second-order valence-corrected chi connectivity index (χ2v) is 9.44. The van der Waals surface area contributed by atoms with E-state index in [1.54, 1.807) is 12.1 Å². The van der Waals surface area contributed by atoms with E-state index in [0.717, 1.165) is 44.2 Å². The van der Waals surface area contributed by atoms with E-state index in [1.807, 2.05) is 66.7 Å². The predicted molar refractivity (Wildman–Crippen MR) is 161 cm³/mol. The molecule has 0 radical (unpaired) electrons. The molecule has 8 aromatic rings. The van der Waals surface area contributed by atoms with Crippen LogP contribution in [0.2, 0.25) is 0 Å². The second-order valence-electron chi connectivity index (χ2n) is 9.44. The molecule has 0 amide bonds. The number of fused-ring (bicyclic) bond motifs is 6. The van der Waals surface area contributed by atoms with Gasteiger partial charge in [-0.15, -0.1) is 0 Å². The molecule has 8 rings (SSSR count). The zero-order chi connectivity index (χ0) is 32.0. The molecule has 6 aromatic carbocycles. The summed E-state index contributed by atoms with van der Waals surface area (Å²) in [6, 6.07) is 26.3. The average Bonchev–Trinajstić information content (AvgIpc) is 3.64. The Labute approximate surface area is 234 Å². The van der Waals surface area contributed by atoms with E-state index in [1.165, 1.54) is 4.57 Å². The fourth-order valence-electron chi connectivity index (χ4n) is 5.40. The maximum Gasteiger partial charge on any atom is 0.140 e. The van der Waals surface area contributed by atoms with Crippen molar-refractivity contribution in [1.82, 2.24) is 4.57 Å². The highest BCUT2D eigenvalue weighted by Gasteiger charge is 2.15. The summed E-state index contributed by atoms with van der Waals surface area (Å²) in [4.78, 5) is 0. The molecule has 2 aromatic heterocycles. The Bertz CT molecular complexity index is 2490. The summed E-state index contributed by atoms with van der Waals surface area (Å²) in [6.45, 7) is 0. The van der Waals surface area contributed by atoms with E-state index < -0.39 is 29.9 Å². The number of rotatable bonds is 3. The van der Waals surface area contributed by atoms with Crippen LogP contribution in [0.1, 0.15) is 9.60 Å². The number of furan rings is 1. The lowest BCUT2D eigenvalue weighted by Gasteiger charge is -2.11. The highest BCUT2D eigenvalue weighted by atomic mass is 16.3. The van der Waals surface area contributed by atoms with Crippen molar-refractivity contribution in [3.63, 3.8) is 0 Å². The van der Waals surface area contributed by atoms with Crippen molar-refractivity contribution < 1.29 is 19.1 Å². The Balaban J connectivity index is 1.28. The van der Waals surface area contributed by atoms with Crippen molar-refractivity contribution in [2.24, 2.45) is 0 Å². The minimum Gasteiger partial charge on any atom is -0.506 e. The summed E-state index contributed by atoms with van der Waals surface area (Å²) >= 11 is 0. The first kappa shape index (κ1) is 15.9. The number of aromatic hydroxyl groups is 1. The van der Waals surface area contributed by atoms with Crippen molar-refractivity contribution in [2.45, 2.75) is 0 Å². The summed E-state index contributed by atoms with van der Waals surface area (Å²) < 4.78 is 66.6. The second kappa shape index (κ2) is 8.37. The molecule has 0 fully saturated rings. The van der Waals surface area contributed by atoms with Gasteiger partial charge in [-0.05, 0) is 64.7 Å². The van der Waals surface area contributed by atoms with Crippen LogP contribution in [0.25, 0.3) is 71.7 Å². The fourth-order valence-corrected chi connectivity index (χ4v) is 5.40. The largest absolute Gasteiger partial charge is 0.506 e. The minimum absolute atomic E-state index is 0.00308.